The number of para-hydroxylation sites is 1. The lowest BCUT2D eigenvalue weighted by atomic mass is 10.2. The molecule has 0 aliphatic rings. The van der Waals surface area contributed by atoms with Crippen molar-refractivity contribution in [1.29, 1.82) is 0 Å². The summed E-state index contributed by atoms with van der Waals surface area (Å²) in [7, 11) is 0. The molecular weight excluding hydrogens is 336 g/mol. The van der Waals surface area contributed by atoms with Gasteiger partial charge in [0.05, 0.1) is 23.8 Å². The minimum absolute atomic E-state index is 0.0868. The lowest BCUT2D eigenvalue weighted by molar-refractivity contribution is -0.122. The Hall–Kier alpha value is -3.42. The van der Waals surface area contributed by atoms with Crippen LogP contribution >= 0.6 is 0 Å². The van der Waals surface area contributed by atoms with Crippen molar-refractivity contribution in [1.82, 2.24) is 20.6 Å². The van der Waals surface area contributed by atoms with Gasteiger partial charge in [-0.3, -0.25) is 29.9 Å². The molecule has 1 aromatic carbocycles. The second-order valence-corrected chi connectivity index (χ2v) is 5.83. The molecule has 0 saturated carbocycles. The predicted octanol–water partition coefficient (Wildman–Crippen LogP) is 1.46. The van der Waals surface area contributed by atoms with Crippen molar-refractivity contribution in [3.8, 4) is 0 Å². The van der Waals surface area contributed by atoms with Crippen molar-refractivity contribution < 1.29 is 14.0 Å². The summed E-state index contributed by atoms with van der Waals surface area (Å²) in [6.07, 6.45) is 1.32. The van der Waals surface area contributed by atoms with Crippen LogP contribution in [0, 0.1) is 13.8 Å². The molecule has 26 heavy (non-hydrogen) atoms. The van der Waals surface area contributed by atoms with Gasteiger partial charge in [0, 0.05) is 11.8 Å². The van der Waals surface area contributed by atoms with E-state index in [1.807, 2.05) is 0 Å². The topological polar surface area (TPSA) is 106 Å². The SMILES string of the molecule is Cc1cc(C(=O)NNC(=O)CCn2ncc(=O)c3ccccc32)c(C)o1. The van der Waals surface area contributed by atoms with Crippen LogP contribution in [-0.4, -0.2) is 21.6 Å². The summed E-state index contributed by atoms with van der Waals surface area (Å²) in [6, 6.07) is 8.66. The van der Waals surface area contributed by atoms with Crippen LogP contribution in [0.3, 0.4) is 0 Å². The Kier molecular flexibility index (Phi) is 4.83. The highest BCUT2D eigenvalue weighted by Crippen LogP contribution is 2.13. The largest absolute Gasteiger partial charge is 0.466 e. The number of furan rings is 1. The lowest BCUT2D eigenvalue weighted by Gasteiger charge is -2.10. The third kappa shape index (κ3) is 3.64. The molecule has 2 N–H and O–H groups in total. The van der Waals surface area contributed by atoms with Gasteiger partial charge in [0.15, 0.2) is 0 Å². The predicted molar refractivity (Wildman–Crippen MR) is 94.4 cm³/mol. The minimum Gasteiger partial charge on any atom is -0.466 e. The van der Waals surface area contributed by atoms with E-state index in [0.717, 1.165) is 0 Å². The Labute approximate surface area is 148 Å². The van der Waals surface area contributed by atoms with Crippen molar-refractivity contribution in [2.75, 3.05) is 0 Å². The number of nitrogens with one attached hydrogen (secondary N) is 2. The molecule has 0 unspecified atom stereocenters. The average molecular weight is 354 g/mol. The molecule has 0 atom stereocenters. The van der Waals surface area contributed by atoms with Crippen LogP contribution in [0.2, 0.25) is 0 Å². The number of carbonyl (C=O) groups excluding carboxylic acids is 2. The first-order chi connectivity index (χ1) is 12.5. The highest BCUT2D eigenvalue weighted by Gasteiger charge is 2.14. The van der Waals surface area contributed by atoms with E-state index in [1.54, 1.807) is 48.9 Å². The van der Waals surface area contributed by atoms with Gasteiger partial charge in [0.1, 0.15) is 11.5 Å². The standard InChI is InChI=1S/C18H18N4O4/c1-11-9-14(12(2)26-11)18(25)21-20-17(24)7-8-22-15-6-4-3-5-13(15)16(23)10-19-22/h3-6,9-10H,7-8H2,1-2H3,(H,20,24)(H,21,25). The molecule has 0 fully saturated rings. The zero-order valence-corrected chi connectivity index (χ0v) is 14.4. The highest BCUT2D eigenvalue weighted by molar-refractivity contribution is 5.96. The molecule has 3 rings (SSSR count). The second-order valence-electron chi connectivity index (χ2n) is 5.83. The summed E-state index contributed by atoms with van der Waals surface area (Å²) < 4.78 is 6.87. The molecule has 0 aliphatic heterocycles. The average Bonchev–Trinajstić information content (AvgIpc) is 2.97. The van der Waals surface area contributed by atoms with Gasteiger partial charge < -0.3 is 4.42 Å². The summed E-state index contributed by atoms with van der Waals surface area (Å²) in [5.41, 5.74) is 5.58. The molecule has 134 valence electrons. The quantitative estimate of drug-likeness (QED) is 0.690. The maximum Gasteiger partial charge on any atom is 0.273 e. The van der Waals surface area contributed by atoms with E-state index in [1.165, 1.54) is 6.20 Å². The van der Waals surface area contributed by atoms with Crippen molar-refractivity contribution in [3.63, 3.8) is 0 Å². The van der Waals surface area contributed by atoms with E-state index >= 15 is 0 Å². The normalized spacial score (nSPS) is 10.7. The fourth-order valence-corrected chi connectivity index (χ4v) is 2.66. The van der Waals surface area contributed by atoms with E-state index in [2.05, 4.69) is 16.0 Å². The fourth-order valence-electron chi connectivity index (χ4n) is 2.66. The molecule has 0 bridgehead atoms. The Morgan fingerprint density at radius 3 is 2.69 bits per heavy atom. The van der Waals surface area contributed by atoms with Gasteiger partial charge in [-0.15, -0.1) is 0 Å². The maximum atomic E-state index is 12.0. The van der Waals surface area contributed by atoms with E-state index in [0.29, 0.717) is 28.0 Å². The molecule has 2 amide bonds. The third-order valence-corrected chi connectivity index (χ3v) is 3.91. The molecule has 8 nitrogen and oxygen atoms in total. The molecule has 8 heteroatoms. The number of rotatable bonds is 4. The number of amides is 2. The number of hydrogen-bond donors (Lipinski definition) is 2. The van der Waals surface area contributed by atoms with E-state index < -0.39 is 5.91 Å². The Morgan fingerprint density at radius 2 is 1.96 bits per heavy atom. The third-order valence-electron chi connectivity index (χ3n) is 3.91. The number of aromatic nitrogens is 2. The highest BCUT2D eigenvalue weighted by atomic mass is 16.3. The minimum atomic E-state index is -0.445. The summed E-state index contributed by atoms with van der Waals surface area (Å²) >= 11 is 0. The van der Waals surface area contributed by atoms with E-state index in [-0.39, 0.29) is 24.3 Å². The van der Waals surface area contributed by atoms with Crippen LogP contribution in [0.25, 0.3) is 10.9 Å². The van der Waals surface area contributed by atoms with Gasteiger partial charge >= 0.3 is 0 Å². The monoisotopic (exact) mass is 354 g/mol. The molecule has 2 heterocycles. The number of nitrogens with zero attached hydrogens (tertiary/aromatic N) is 2. The first-order valence-corrected chi connectivity index (χ1v) is 8.07. The lowest BCUT2D eigenvalue weighted by Crippen LogP contribution is -2.42. The first kappa shape index (κ1) is 17.4. The molecule has 0 radical (unpaired) electrons. The smallest absolute Gasteiger partial charge is 0.273 e. The van der Waals surface area contributed by atoms with E-state index in [9.17, 15) is 14.4 Å². The van der Waals surface area contributed by atoms with E-state index in [4.69, 9.17) is 4.42 Å². The summed E-state index contributed by atoms with van der Waals surface area (Å²) in [5.74, 6) is 0.286. The Bertz CT molecular complexity index is 1040. The zero-order valence-electron chi connectivity index (χ0n) is 14.4. The van der Waals surface area contributed by atoms with Crippen molar-refractivity contribution in [2.45, 2.75) is 26.8 Å². The number of benzene rings is 1. The molecule has 0 aliphatic carbocycles. The summed E-state index contributed by atoms with van der Waals surface area (Å²) in [4.78, 5) is 35.8. The van der Waals surface area contributed by atoms with Crippen molar-refractivity contribution in [2.24, 2.45) is 0 Å². The fraction of sp³-hybridized carbons (Fsp3) is 0.222. The van der Waals surface area contributed by atoms with Gasteiger partial charge in [0.2, 0.25) is 11.3 Å². The van der Waals surface area contributed by atoms with Gasteiger partial charge in [-0.2, -0.15) is 5.10 Å². The summed E-state index contributed by atoms with van der Waals surface area (Å²) in [5, 5.41) is 4.60. The summed E-state index contributed by atoms with van der Waals surface area (Å²) in [6.45, 7) is 3.69. The first-order valence-electron chi connectivity index (χ1n) is 8.07. The number of hydrogen-bond acceptors (Lipinski definition) is 5. The Morgan fingerprint density at radius 1 is 1.19 bits per heavy atom. The van der Waals surface area contributed by atoms with Gasteiger partial charge in [-0.05, 0) is 32.0 Å². The van der Waals surface area contributed by atoms with Gasteiger partial charge in [0.25, 0.3) is 5.91 Å². The molecule has 3 aromatic rings. The van der Waals surface area contributed by atoms with Gasteiger partial charge in [-0.25, -0.2) is 0 Å². The van der Waals surface area contributed by atoms with Crippen LogP contribution in [0.15, 0.2) is 45.7 Å². The molecule has 0 spiro atoms. The number of hydrazine groups is 1. The van der Waals surface area contributed by atoms with Crippen LogP contribution in [0.5, 0.6) is 0 Å². The van der Waals surface area contributed by atoms with Crippen LogP contribution < -0.4 is 16.3 Å². The van der Waals surface area contributed by atoms with Crippen LogP contribution in [0.4, 0.5) is 0 Å². The van der Waals surface area contributed by atoms with Crippen LogP contribution in [0.1, 0.15) is 28.3 Å². The van der Waals surface area contributed by atoms with Crippen molar-refractivity contribution >= 4 is 22.7 Å². The zero-order chi connectivity index (χ0) is 18.7. The number of carbonyl (C=O) groups is 2. The molecular formula is C18H18N4O4. The second kappa shape index (κ2) is 7.22. The van der Waals surface area contributed by atoms with Gasteiger partial charge in [-0.1, -0.05) is 12.1 Å². The Balaban J connectivity index is 1.60. The maximum absolute atomic E-state index is 12.0. The number of fused-ring (bicyclic) bond motifs is 1. The molecule has 0 saturated heterocycles. The number of aryl methyl sites for hydroxylation is 3. The van der Waals surface area contributed by atoms with Crippen LogP contribution in [-0.2, 0) is 11.3 Å². The van der Waals surface area contributed by atoms with Crippen molar-refractivity contribution in [3.05, 3.63) is 63.8 Å². The molecule has 2 aromatic heterocycles.